The fourth-order valence-electron chi connectivity index (χ4n) is 8.87. The van der Waals surface area contributed by atoms with Crippen LogP contribution in [0.25, 0.3) is 93.6 Å². The SMILES string of the molecule is N#Cc1cc(-n2c3ccccc3c3c(-n4c5ccccc5c5ccccc54)cccc32)ccc1-c1cccc(-n2c3ccccc3c3c(C#N)cccc32)c1. The highest BCUT2D eigenvalue weighted by molar-refractivity contribution is 6.16. The molecular formula is C50H29N5. The van der Waals surface area contributed by atoms with Crippen molar-refractivity contribution in [3.05, 3.63) is 187 Å². The number of rotatable bonds is 4. The molecule has 0 spiro atoms. The van der Waals surface area contributed by atoms with Gasteiger partial charge in [0.1, 0.15) is 0 Å². The molecule has 5 nitrogen and oxygen atoms in total. The number of hydrogen-bond acceptors (Lipinski definition) is 2. The van der Waals surface area contributed by atoms with Gasteiger partial charge >= 0.3 is 0 Å². The highest BCUT2D eigenvalue weighted by atomic mass is 15.0. The smallest absolute Gasteiger partial charge is 0.0998 e. The van der Waals surface area contributed by atoms with Crippen molar-refractivity contribution in [2.75, 3.05) is 0 Å². The molecule has 0 unspecified atom stereocenters. The number of hydrogen-bond donors (Lipinski definition) is 0. The third-order valence-electron chi connectivity index (χ3n) is 11.1. The molecule has 55 heavy (non-hydrogen) atoms. The molecule has 11 aromatic rings. The van der Waals surface area contributed by atoms with E-state index in [-0.39, 0.29) is 0 Å². The first-order chi connectivity index (χ1) is 27.2. The standard InChI is InChI=1S/C50H29N5/c51-30-33-13-10-23-46-49(33)40-17-3-7-21-44(40)53(46)35-14-9-12-32(28-35)37-27-26-36(29-34(37)31-52)54-45-22-8-4-18-41(45)50-47(54)24-11-25-48(50)55-42-19-5-1-15-38(42)39-16-2-6-20-43(39)55/h1-29H. The van der Waals surface area contributed by atoms with Crippen LogP contribution in [0.4, 0.5) is 0 Å². The molecule has 0 amide bonds. The lowest BCUT2D eigenvalue weighted by Gasteiger charge is -2.14. The summed E-state index contributed by atoms with van der Waals surface area (Å²) in [6.07, 6.45) is 0. The Morgan fingerprint density at radius 1 is 0.345 bits per heavy atom. The molecule has 3 aromatic heterocycles. The van der Waals surface area contributed by atoms with E-state index in [1.165, 1.54) is 10.8 Å². The number of fused-ring (bicyclic) bond motifs is 9. The van der Waals surface area contributed by atoms with Crippen LogP contribution in [0, 0.1) is 22.7 Å². The molecule has 0 aliphatic heterocycles. The van der Waals surface area contributed by atoms with Crippen LogP contribution < -0.4 is 0 Å². The third-order valence-corrected chi connectivity index (χ3v) is 11.1. The van der Waals surface area contributed by atoms with Crippen LogP contribution in [0.15, 0.2) is 176 Å². The minimum absolute atomic E-state index is 0.591. The van der Waals surface area contributed by atoms with Crippen molar-refractivity contribution < 1.29 is 0 Å². The molecule has 11 rings (SSSR count). The van der Waals surface area contributed by atoms with Crippen LogP contribution in [-0.2, 0) is 0 Å². The average molecular weight is 700 g/mol. The molecule has 5 heteroatoms. The topological polar surface area (TPSA) is 62.4 Å². The van der Waals surface area contributed by atoms with Gasteiger partial charge in [-0.05, 0) is 83.9 Å². The highest BCUT2D eigenvalue weighted by Crippen LogP contribution is 2.41. The first-order valence-electron chi connectivity index (χ1n) is 18.3. The lowest BCUT2D eigenvalue weighted by Crippen LogP contribution is -1.98. The Kier molecular flexibility index (Phi) is 6.61. The number of nitriles is 2. The predicted molar refractivity (Wildman–Crippen MR) is 224 cm³/mol. The molecule has 254 valence electrons. The van der Waals surface area contributed by atoms with Gasteiger partial charge in [0.05, 0.1) is 62.1 Å². The Balaban J connectivity index is 1.10. The summed E-state index contributed by atoms with van der Waals surface area (Å²) in [5, 5.41) is 27.4. The summed E-state index contributed by atoms with van der Waals surface area (Å²) in [5.41, 5.74) is 12.5. The van der Waals surface area contributed by atoms with E-state index in [4.69, 9.17) is 0 Å². The largest absolute Gasteiger partial charge is 0.309 e. The van der Waals surface area contributed by atoms with Crippen LogP contribution in [0.1, 0.15) is 11.1 Å². The van der Waals surface area contributed by atoms with Gasteiger partial charge in [-0.25, -0.2) is 0 Å². The summed E-state index contributed by atoms with van der Waals surface area (Å²) >= 11 is 0. The molecule has 0 aliphatic rings. The van der Waals surface area contributed by atoms with Gasteiger partial charge in [0.2, 0.25) is 0 Å². The first-order valence-corrected chi connectivity index (χ1v) is 18.3. The normalized spacial score (nSPS) is 11.6. The zero-order valence-electron chi connectivity index (χ0n) is 29.5. The van der Waals surface area contributed by atoms with E-state index in [0.717, 1.165) is 82.8 Å². The van der Waals surface area contributed by atoms with Crippen LogP contribution in [-0.4, -0.2) is 13.7 Å². The van der Waals surface area contributed by atoms with Gasteiger partial charge in [-0.15, -0.1) is 0 Å². The Morgan fingerprint density at radius 2 is 0.836 bits per heavy atom. The molecule has 0 bridgehead atoms. The van der Waals surface area contributed by atoms with Gasteiger partial charge in [-0.2, -0.15) is 10.5 Å². The molecule has 8 aromatic carbocycles. The average Bonchev–Trinajstić information content (AvgIpc) is 3.89. The summed E-state index contributed by atoms with van der Waals surface area (Å²) in [5.74, 6) is 0. The van der Waals surface area contributed by atoms with E-state index < -0.39 is 0 Å². The summed E-state index contributed by atoms with van der Waals surface area (Å²) in [4.78, 5) is 0. The Labute approximate surface area is 316 Å². The minimum atomic E-state index is 0.591. The quantitative estimate of drug-likeness (QED) is 0.184. The molecule has 3 heterocycles. The van der Waals surface area contributed by atoms with Gasteiger partial charge < -0.3 is 13.7 Å². The maximum absolute atomic E-state index is 10.7. The summed E-state index contributed by atoms with van der Waals surface area (Å²) in [6, 6.07) is 65.9. The van der Waals surface area contributed by atoms with E-state index in [1.807, 2.05) is 36.4 Å². The lowest BCUT2D eigenvalue weighted by molar-refractivity contribution is 1.17. The summed E-state index contributed by atoms with van der Waals surface area (Å²) in [6.45, 7) is 0. The minimum Gasteiger partial charge on any atom is -0.309 e. The van der Waals surface area contributed by atoms with Gasteiger partial charge in [0.15, 0.2) is 0 Å². The first kappa shape index (κ1) is 30.7. The Hall–Kier alpha value is -7.86. The molecule has 0 aliphatic carbocycles. The van der Waals surface area contributed by atoms with Crippen LogP contribution in [0.2, 0.25) is 0 Å². The lowest BCUT2D eigenvalue weighted by atomic mass is 9.99. The van der Waals surface area contributed by atoms with Gasteiger partial charge in [-0.3, -0.25) is 0 Å². The van der Waals surface area contributed by atoms with Crippen molar-refractivity contribution in [3.63, 3.8) is 0 Å². The van der Waals surface area contributed by atoms with Crippen LogP contribution in [0.5, 0.6) is 0 Å². The highest BCUT2D eigenvalue weighted by Gasteiger charge is 2.21. The van der Waals surface area contributed by atoms with Crippen molar-refractivity contribution in [3.8, 4) is 40.3 Å². The zero-order valence-corrected chi connectivity index (χ0v) is 29.5. The van der Waals surface area contributed by atoms with Gasteiger partial charge in [0.25, 0.3) is 0 Å². The number of benzene rings is 8. The van der Waals surface area contributed by atoms with Gasteiger partial charge in [0, 0.05) is 43.7 Å². The Bertz CT molecular complexity index is 3420. The number of aromatic nitrogens is 3. The van der Waals surface area contributed by atoms with Crippen molar-refractivity contribution in [2.45, 2.75) is 0 Å². The molecule has 0 atom stereocenters. The molecule has 0 N–H and O–H groups in total. The Morgan fingerprint density at radius 3 is 1.47 bits per heavy atom. The monoisotopic (exact) mass is 699 g/mol. The second kappa shape index (κ2) is 11.8. The maximum Gasteiger partial charge on any atom is 0.0998 e. The van der Waals surface area contributed by atoms with E-state index in [1.54, 1.807) is 0 Å². The summed E-state index contributed by atoms with van der Waals surface area (Å²) in [7, 11) is 0. The molecule has 0 saturated carbocycles. The van der Waals surface area contributed by atoms with E-state index in [9.17, 15) is 10.5 Å². The second-order valence-electron chi connectivity index (χ2n) is 13.9. The number of para-hydroxylation sites is 4. The molecule has 0 saturated heterocycles. The van der Waals surface area contributed by atoms with Crippen molar-refractivity contribution in [2.24, 2.45) is 0 Å². The molecular weight excluding hydrogens is 671 g/mol. The fourth-order valence-corrected chi connectivity index (χ4v) is 8.87. The molecule has 0 radical (unpaired) electrons. The number of nitrogens with zero attached hydrogens (tertiary/aromatic N) is 5. The van der Waals surface area contributed by atoms with Crippen molar-refractivity contribution >= 4 is 65.4 Å². The third kappa shape index (κ3) is 4.39. The summed E-state index contributed by atoms with van der Waals surface area (Å²) < 4.78 is 6.88. The van der Waals surface area contributed by atoms with Crippen molar-refractivity contribution in [1.82, 2.24) is 13.7 Å². The van der Waals surface area contributed by atoms with Gasteiger partial charge in [-0.1, -0.05) is 103 Å². The van der Waals surface area contributed by atoms with E-state index in [2.05, 4.69) is 165 Å². The van der Waals surface area contributed by atoms with Crippen LogP contribution in [0.3, 0.4) is 0 Å². The van der Waals surface area contributed by atoms with E-state index >= 15 is 0 Å². The van der Waals surface area contributed by atoms with Crippen LogP contribution >= 0.6 is 0 Å². The second-order valence-corrected chi connectivity index (χ2v) is 13.9. The van der Waals surface area contributed by atoms with E-state index in [0.29, 0.717) is 11.1 Å². The fraction of sp³-hybridized carbons (Fsp3) is 0. The maximum atomic E-state index is 10.7. The predicted octanol–water partition coefficient (Wildman–Crippen LogP) is 12.4. The van der Waals surface area contributed by atoms with Crippen molar-refractivity contribution in [1.29, 1.82) is 10.5 Å². The molecule has 0 fully saturated rings. The zero-order chi connectivity index (χ0) is 36.6.